The molecular formula is C21H24N2O. The number of nitrogens with zero attached hydrogens (tertiary/aromatic N) is 1. The first-order valence-electron chi connectivity index (χ1n) is 9.28. The van der Waals surface area contributed by atoms with Gasteiger partial charge in [-0.2, -0.15) is 0 Å². The van der Waals surface area contributed by atoms with Crippen LogP contribution in [0.4, 0.5) is 0 Å². The van der Waals surface area contributed by atoms with Crippen molar-refractivity contribution in [2.24, 2.45) is 0 Å². The zero-order valence-electron chi connectivity index (χ0n) is 14.0. The number of aromatic nitrogens is 1. The Morgan fingerprint density at radius 3 is 2.96 bits per heavy atom. The molecule has 2 bridgehead atoms. The molecule has 2 aliphatic heterocycles. The first-order chi connectivity index (χ1) is 11.9. The lowest BCUT2D eigenvalue weighted by Gasteiger charge is -2.35. The molecule has 2 atom stereocenters. The van der Waals surface area contributed by atoms with E-state index in [0.717, 1.165) is 18.2 Å². The molecule has 1 aromatic carbocycles. The molecule has 1 fully saturated rings. The van der Waals surface area contributed by atoms with Gasteiger partial charge in [-0.25, -0.2) is 0 Å². The van der Waals surface area contributed by atoms with E-state index in [4.69, 9.17) is 4.42 Å². The fourth-order valence-electron chi connectivity index (χ4n) is 4.85. The molecule has 24 heavy (non-hydrogen) atoms. The lowest BCUT2D eigenvalue weighted by atomic mass is 9.96. The van der Waals surface area contributed by atoms with Crippen LogP contribution < -0.4 is 0 Å². The number of aryl methyl sites for hydroxylation is 1. The van der Waals surface area contributed by atoms with Gasteiger partial charge in [-0.3, -0.25) is 4.90 Å². The van der Waals surface area contributed by atoms with E-state index in [2.05, 4.69) is 40.2 Å². The topological polar surface area (TPSA) is 32.2 Å². The lowest BCUT2D eigenvalue weighted by Crippen LogP contribution is -2.37. The van der Waals surface area contributed by atoms with Gasteiger partial charge in [0.15, 0.2) is 0 Å². The summed E-state index contributed by atoms with van der Waals surface area (Å²) in [6, 6.07) is 14.2. The molecule has 0 unspecified atom stereocenters. The Balaban J connectivity index is 1.32. The van der Waals surface area contributed by atoms with Crippen LogP contribution in [-0.2, 0) is 12.8 Å². The number of aromatic amines is 1. The maximum atomic E-state index is 5.45. The van der Waals surface area contributed by atoms with Crippen LogP contribution in [0.3, 0.4) is 0 Å². The fourth-order valence-corrected chi connectivity index (χ4v) is 4.85. The number of unbranched alkanes of at least 4 members (excludes halogenated alkanes) is 1. The van der Waals surface area contributed by atoms with Crippen molar-refractivity contribution in [2.45, 2.75) is 50.6 Å². The molecule has 2 aliphatic rings. The van der Waals surface area contributed by atoms with Crippen LogP contribution in [0.1, 0.15) is 48.7 Å². The second-order valence-electron chi connectivity index (χ2n) is 7.29. The number of hydrogen-bond acceptors (Lipinski definition) is 2. The van der Waals surface area contributed by atoms with Crippen LogP contribution in [0.2, 0.25) is 0 Å². The standard InChI is InChI=1S/C21H24N2O/c1-2-9-18-17(8-1)21-19(22-18)14-15-10-11-20(21)23(15)12-4-3-6-16-7-5-13-24-16/h1-2,5,7-9,13,15,20,22H,3-4,6,10-12,14H2/t15-,20+/m0/s1. The van der Waals surface area contributed by atoms with Gasteiger partial charge < -0.3 is 9.40 Å². The summed E-state index contributed by atoms with van der Waals surface area (Å²) in [5.41, 5.74) is 4.40. The highest BCUT2D eigenvalue weighted by molar-refractivity contribution is 5.85. The number of benzene rings is 1. The van der Waals surface area contributed by atoms with E-state index in [-0.39, 0.29) is 0 Å². The van der Waals surface area contributed by atoms with Crippen LogP contribution >= 0.6 is 0 Å². The summed E-state index contributed by atoms with van der Waals surface area (Å²) in [5, 5.41) is 1.44. The summed E-state index contributed by atoms with van der Waals surface area (Å²) < 4.78 is 5.45. The third kappa shape index (κ3) is 2.30. The first-order valence-corrected chi connectivity index (χ1v) is 9.28. The number of furan rings is 1. The van der Waals surface area contributed by atoms with Crippen LogP contribution in [-0.4, -0.2) is 22.5 Å². The van der Waals surface area contributed by atoms with Crippen molar-refractivity contribution in [2.75, 3.05) is 6.54 Å². The highest BCUT2D eigenvalue weighted by Crippen LogP contribution is 2.46. The Morgan fingerprint density at radius 2 is 2.04 bits per heavy atom. The molecule has 5 rings (SSSR count). The van der Waals surface area contributed by atoms with Crippen molar-refractivity contribution in [3.63, 3.8) is 0 Å². The van der Waals surface area contributed by atoms with E-state index in [1.807, 2.05) is 6.07 Å². The molecule has 0 aliphatic carbocycles. The van der Waals surface area contributed by atoms with Gasteiger partial charge >= 0.3 is 0 Å². The second-order valence-corrected chi connectivity index (χ2v) is 7.29. The van der Waals surface area contributed by atoms with E-state index in [1.54, 1.807) is 11.8 Å². The Labute approximate surface area is 142 Å². The van der Waals surface area contributed by atoms with E-state index in [0.29, 0.717) is 6.04 Å². The molecule has 1 N–H and O–H groups in total. The van der Waals surface area contributed by atoms with Gasteiger partial charge in [-0.15, -0.1) is 0 Å². The van der Waals surface area contributed by atoms with Crippen LogP contribution in [0.5, 0.6) is 0 Å². The predicted octanol–water partition coefficient (Wildman–Crippen LogP) is 4.85. The third-order valence-corrected chi connectivity index (χ3v) is 5.91. The highest BCUT2D eigenvalue weighted by atomic mass is 16.3. The van der Waals surface area contributed by atoms with E-state index in [9.17, 15) is 0 Å². The van der Waals surface area contributed by atoms with Gasteiger partial charge in [0.1, 0.15) is 5.76 Å². The minimum atomic E-state index is 0.624. The number of hydrogen-bond donors (Lipinski definition) is 1. The molecule has 0 amide bonds. The fraction of sp³-hybridized carbons (Fsp3) is 0.429. The average molecular weight is 320 g/mol. The largest absolute Gasteiger partial charge is 0.469 e. The SMILES string of the molecule is c1coc(CCCCN2[C@H]3CC[C@@H]2c2c([nH]c4ccccc24)C3)c1. The highest BCUT2D eigenvalue weighted by Gasteiger charge is 2.41. The molecule has 0 spiro atoms. The molecule has 3 aromatic rings. The maximum Gasteiger partial charge on any atom is 0.103 e. The summed E-state index contributed by atoms with van der Waals surface area (Å²) >= 11 is 0. The van der Waals surface area contributed by atoms with Gasteiger partial charge in [0.2, 0.25) is 0 Å². The number of nitrogens with one attached hydrogen (secondary N) is 1. The second kappa shape index (κ2) is 5.82. The predicted molar refractivity (Wildman–Crippen MR) is 96.1 cm³/mol. The summed E-state index contributed by atoms with van der Waals surface area (Å²) in [7, 11) is 0. The lowest BCUT2D eigenvalue weighted by molar-refractivity contribution is 0.174. The monoisotopic (exact) mass is 320 g/mol. The Morgan fingerprint density at radius 1 is 1.08 bits per heavy atom. The van der Waals surface area contributed by atoms with Crippen molar-refractivity contribution in [1.82, 2.24) is 9.88 Å². The van der Waals surface area contributed by atoms with Gasteiger partial charge in [0.25, 0.3) is 0 Å². The number of fused-ring (bicyclic) bond motifs is 6. The normalized spacial score (nSPS) is 23.0. The van der Waals surface area contributed by atoms with E-state index in [1.165, 1.54) is 55.2 Å². The van der Waals surface area contributed by atoms with Crippen molar-refractivity contribution in [1.29, 1.82) is 0 Å². The minimum Gasteiger partial charge on any atom is -0.469 e. The Bertz CT molecular complexity index is 833. The van der Waals surface area contributed by atoms with Crippen molar-refractivity contribution in [3.05, 3.63) is 59.7 Å². The number of para-hydroxylation sites is 1. The third-order valence-electron chi connectivity index (χ3n) is 5.91. The summed E-state index contributed by atoms with van der Waals surface area (Å²) in [6.07, 6.45) is 9.17. The summed E-state index contributed by atoms with van der Waals surface area (Å²) in [4.78, 5) is 6.47. The van der Waals surface area contributed by atoms with Crippen LogP contribution in [0, 0.1) is 0 Å². The van der Waals surface area contributed by atoms with E-state index >= 15 is 0 Å². The molecule has 1 saturated heterocycles. The molecule has 3 heteroatoms. The molecule has 124 valence electrons. The molecule has 2 aromatic heterocycles. The van der Waals surface area contributed by atoms with Crippen LogP contribution in [0.15, 0.2) is 47.1 Å². The van der Waals surface area contributed by atoms with E-state index < -0.39 is 0 Å². The van der Waals surface area contributed by atoms with Gasteiger partial charge in [0.05, 0.1) is 6.26 Å². The quantitative estimate of drug-likeness (QED) is 0.682. The van der Waals surface area contributed by atoms with Crippen molar-refractivity contribution in [3.8, 4) is 0 Å². The summed E-state index contributed by atoms with van der Waals surface area (Å²) in [6.45, 7) is 1.22. The Kier molecular flexibility index (Phi) is 3.48. The Hall–Kier alpha value is -2.00. The zero-order chi connectivity index (χ0) is 15.9. The zero-order valence-corrected chi connectivity index (χ0v) is 14.0. The molecule has 4 heterocycles. The van der Waals surface area contributed by atoms with Crippen molar-refractivity contribution < 1.29 is 4.42 Å². The smallest absolute Gasteiger partial charge is 0.103 e. The summed E-state index contributed by atoms with van der Waals surface area (Å²) in [5.74, 6) is 1.12. The van der Waals surface area contributed by atoms with Gasteiger partial charge in [-0.05, 0) is 56.0 Å². The van der Waals surface area contributed by atoms with Gasteiger partial charge in [0, 0.05) is 41.5 Å². The van der Waals surface area contributed by atoms with Crippen LogP contribution in [0.25, 0.3) is 10.9 Å². The van der Waals surface area contributed by atoms with Crippen molar-refractivity contribution >= 4 is 10.9 Å². The maximum absolute atomic E-state index is 5.45. The average Bonchev–Trinajstić information content (AvgIpc) is 3.30. The van der Waals surface area contributed by atoms with Gasteiger partial charge in [-0.1, -0.05) is 18.2 Å². The number of rotatable bonds is 5. The molecule has 0 radical (unpaired) electrons. The number of H-pyrrole nitrogens is 1. The molecule has 3 nitrogen and oxygen atoms in total. The minimum absolute atomic E-state index is 0.624. The first kappa shape index (κ1) is 14.4. The molecule has 0 saturated carbocycles. The molecular weight excluding hydrogens is 296 g/mol.